The molecule has 0 spiro atoms. The Kier molecular flexibility index (Phi) is 13.6. The standard InChI is InChI=1S/C33H42N4O6/c1-2-3-6-13-27(32(42)34-26-17-15-25(23-38)16-18-26)36-33(43)28(22-24-11-7-4-8-12-24)35-29(39)14-9-5-10-21-37-30(40)19-20-31(37)41/h4,7-8,11-12,15-20,27-28,38H,2-3,5-6,9-10,13-14,21-23H2,1H3,(H,34,42)(H,35,39)(H,36,43)/t27-,28-/m0/s1. The number of unbranched alkanes of at least 4 members (excludes halogenated alkanes) is 4. The van der Waals surface area contributed by atoms with Gasteiger partial charge in [0.2, 0.25) is 17.7 Å². The van der Waals surface area contributed by atoms with Crippen molar-refractivity contribution in [1.82, 2.24) is 15.5 Å². The Hall–Kier alpha value is -4.31. The molecule has 230 valence electrons. The minimum absolute atomic E-state index is 0.100. The maximum absolute atomic E-state index is 13.5. The van der Waals surface area contributed by atoms with E-state index in [1.54, 1.807) is 24.3 Å². The zero-order chi connectivity index (χ0) is 31.0. The van der Waals surface area contributed by atoms with Crippen LogP contribution in [0.4, 0.5) is 5.69 Å². The number of anilines is 1. The van der Waals surface area contributed by atoms with Crippen LogP contribution in [0.2, 0.25) is 0 Å². The summed E-state index contributed by atoms with van der Waals surface area (Å²) in [5.41, 5.74) is 2.15. The van der Waals surface area contributed by atoms with Gasteiger partial charge in [-0.15, -0.1) is 0 Å². The van der Waals surface area contributed by atoms with Crippen molar-refractivity contribution in [3.05, 3.63) is 77.9 Å². The average Bonchev–Trinajstić information content (AvgIpc) is 3.33. The fourth-order valence-electron chi connectivity index (χ4n) is 4.77. The zero-order valence-corrected chi connectivity index (χ0v) is 24.7. The van der Waals surface area contributed by atoms with Gasteiger partial charge in [-0.25, -0.2) is 0 Å². The molecule has 0 bridgehead atoms. The number of aliphatic hydroxyl groups is 1. The maximum atomic E-state index is 13.5. The summed E-state index contributed by atoms with van der Waals surface area (Å²) >= 11 is 0. The van der Waals surface area contributed by atoms with Gasteiger partial charge in [-0.3, -0.25) is 28.9 Å². The van der Waals surface area contributed by atoms with Crippen molar-refractivity contribution in [2.75, 3.05) is 11.9 Å². The van der Waals surface area contributed by atoms with Gasteiger partial charge in [0.25, 0.3) is 11.8 Å². The quantitative estimate of drug-likeness (QED) is 0.155. The van der Waals surface area contributed by atoms with Gasteiger partial charge in [0, 0.05) is 37.2 Å². The molecule has 43 heavy (non-hydrogen) atoms. The summed E-state index contributed by atoms with van der Waals surface area (Å²) in [6, 6.07) is 14.5. The normalized spacial score (nSPS) is 14.0. The SMILES string of the molecule is CCCCC[C@H](NC(=O)[C@H](Cc1ccccc1)NC(=O)CCCCCN1C(=O)C=CC1=O)C(=O)Nc1ccc(CO)cc1. The maximum Gasteiger partial charge on any atom is 0.253 e. The molecule has 0 unspecified atom stereocenters. The van der Waals surface area contributed by atoms with Crippen LogP contribution in [0.5, 0.6) is 0 Å². The Labute approximate surface area is 252 Å². The first-order valence-electron chi connectivity index (χ1n) is 15.0. The Morgan fingerprint density at radius 1 is 0.767 bits per heavy atom. The molecule has 10 heteroatoms. The molecule has 5 amide bonds. The first-order valence-corrected chi connectivity index (χ1v) is 15.0. The molecular weight excluding hydrogens is 548 g/mol. The lowest BCUT2D eigenvalue weighted by molar-refractivity contribution is -0.137. The number of benzene rings is 2. The van der Waals surface area contributed by atoms with Gasteiger partial charge in [0.15, 0.2) is 0 Å². The summed E-state index contributed by atoms with van der Waals surface area (Å²) in [5, 5.41) is 17.9. The lowest BCUT2D eigenvalue weighted by Crippen LogP contribution is -2.53. The van der Waals surface area contributed by atoms with E-state index in [4.69, 9.17) is 0 Å². The van der Waals surface area contributed by atoms with Gasteiger partial charge >= 0.3 is 0 Å². The highest BCUT2D eigenvalue weighted by molar-refractivity contribution is 6.12. The number of hydrogen-bond donors (Lipinski definition) is 4. The lowest BCUT2D eigenvalue weighted by Gasteiger charge is -2.23. The van der Waals surface area contributed by atoms with Crippen LogP contribution in [-0.4, -0.2) is 58.2 Å². The average molecular weight is 591 g/mol. The van der Waals surface area contributed by atoms with Gasteiger partial charge in [-0.05, 0) is 42.5 Å². The highest BCUT2D eigenvalue weighted by atomic mass is 16.3. The number of rotatable bonds is 18. The zero-order valence-electron chi connectivity index (χ0n) is 24.7. The molecule has 4 N–H and O–H groups in total. The topological polar surface area (TPSA) is 145 Å². The van der Waals surface area contributed by atoms with Crippen molar-refractivity contribution < 1.29 is 29.1 Å². The molecule has 3 rings (SSSR count). The third kappa shape index (κ3) is 11.1. The molecular formula is C33H42N4O6. The van der Waals surface area contributed by atoms with Crippen LogP contribution in [0.25, 0.3) is 0 Å². The minimum atomic E-state index is -0.883. The Bertz CT molecular complexity index is 1240. The van der Waals surface area contributed by atoms with E-state index in [0.29, 0.717) is 37.9 Å². The molecule has 0 aliphatic carbocycles. The van der Waals surface area contributed by atoms with Crippen LogP contribution in [0, 0.1) is 0 Å². The second kappa shape index (κ2) is 17.6. The predicted molar refractivity (Wildman–Crippen MR) is 163 cm³/mol. The van der Waals surface area contributed by atoms with Gasteiger partial charge in [-0.2, -0.15) is 0 Å². The van der Waals surface area contributed by atoms with E-state index < -0.39 is 18.0 Å². The molecule has 2 aromatic rings. The van der Waals surface area contributed by atoms with Gasteiger partial charge in [0.05, 0.1) is 6.61 Å². The van der Waals surface area contributed by atoms with Gasteiger partial charge in [-0.1, -0.05) is 75.1 Å². The molecule has 2 atom stereocenters. The minimum Gasteiger partial charge on any atom is -0.392 e. The summed E-state index contributed by atoms with van der Waals surface area (Å²) in [7, 11) is 0. The monoisotopic (exact) mass is 590 g/mol. The number of carbonyl (C=O) groups excluding carboxylic acids is 5. The molecule has 10 nitrogen and oxygen atoms in total. The smallest absolute Gasteiger partial charge is 0.253 e. The van der Waals surface area contributed by atoms with E-state index in [-0.39, 0.29) is 43.1 Å². The van der Waals surface area contributed by atoms with Gasteiger partial charge in [0.1, 0.15) is 12.1 Å². The highest BCUT2D eigenvalue weighted by Crippen LogP contribution is 2.13. The molecule has 1 aliphatic heterocycles. The number of imide groups is 1. The number of carbonyl (C=O) groups is 5. The molecule has 0 fully saturated rings. The second-order valence-electron chi connectivity index (χ2n) is 10.7. The van der Waals surface area contributed by atoms with Crippen molar-refractivity contribution in [1.29, 1.82) is 0 Å². The Morgan fingerprint density at radius 3 is 2.12 bits per heavy atom. The third-order valence-electron chi connectivity index (χ3n) is 7.25. The van der Waals surface area contributed by atoms with E-state index in [1.165, 1.54) is 17.1 Å². The summed E-state index contributed by atoms with van der Waals surface area (Å²) in [6.45, 7) is 2.26. The van der Waals surface area contributed by atoms with Crippen molar-refractivity contribution >= 4 is 35.2 Å². The van der Waals surface area contributed by atoms with E-state index in [0.717, 1.165) is 30.4 Å². The molecule has 1 heterocycles. The molecule has 0 saturated heterocycles. The number of nitrogens with zero attached hydrogens (tertiary/aromatic N) is 1. The van der Waals surface area contributed by atoms with Crippen LogP contribution in [-0.2, 0) is 37.0 Å². The molecule has 0 radical (unpaired) electrons. The van der Waals surface area contributed by atoms with Crippen molar-refractivity contribution in [2.24, 2.45) is 0 Å². The molecule has 0 aromatic heterocycles. The molecule has 2 aromatic carbocycles. The number of hydrogen-bond acceptors (Lipinski definition) is 6. The third-order valence-corrected chi connectivity index (χ3v) is 7.25. The van der Waals surface area contributed by atoms with Crippen LogP contribution in [0.3, 0.4) is 0 Å². The van der Waals surface area contributed by atoms with Crippen LogP contribution in [0.15, 0.2) is 66.7 Å². The van der Waals surface area contributed by atoms with E-state index in [2.05, 4.69) is 22.9 Å². The van der Waals surface area contributed by atoms with Crippen molar-refractivity contribution in [3.63, 3.8) is 0 Å². The Balaban J connectivity index is 1.60. The van der Waals surface area contributed by atoms with Gasteiger partial charge < -0.3 is 21.1 Å². The van der Waals surface area contributed by atoms with Crippen LogP contribution >= 0.6 is 0 Å². The highest BCUT2D eigenvalue weighted by Gasteiger charge is 2.27. The molecule has 1 aliphatic rings. The summed E-state index contributed by atoms with van der Waals surface area (Å²) in [4.78, 5) is 64.2. The van der Waals surface area contributed by atoms with Crippen LogP contribution < -0.4 is 16.0 Å². The predicted octanol–water partition coefficient (Wildman–Crippen LogP) is 3.40. The Morgan fingerprint density at radius 2 is 1.47 bits per heavy atom. The molecule has 0 saturated carbocycles. The largest absolute Gasteiger partial charge is 0.392 e. The number of aliphatic hydroxyl groups excluding tert-OH is 1. The fourth-order valence-corrected chi connectivity index (χ4v) is 4.77. The lowest BCUT2D eigenvalue weighted by atomic mass is 10.0. The van der Waals surface area contributed by atoms with E-state index >= 15 is 0 Å². The summed E-state index contributed by atoms with van der Waals surface area (Å²) < 4.78 is 0. The van der Waals surface area contributed by atoms with Crippen LogP contribution in [0.1, 0.15) is 69.4 Å². The van der Waals surface area contributed by atoms with E-state index in [9.17, 15) is 29.1 Å². The summed E-state index contributed by atoms with van der Waals surface area (Å²) in [6.07, 6.45) is 7.76. The fraction of sp³-hybridized carbons (Fsp3) is 0.424. The number of amides is 5. The van der Waals surface area contributed by atoms with E-state index in [1.807, 2.05) is 30.3 Å². The van der Waals surface area contributed by atoms with Crippen molar-refractivity contribution in [3.8, 4) is 0 Å². The second-order valence-corrected chi connectivity index (χ2v) is 10.7. The van der Waals surface area contributed by atoms with Crippen molar-refractivity contribution in [2.45, 2.75) is 83.4 Å². The number of nitrogens with one attached hydrogen (secondary N) is 3. The summed E-state index contributed by atoms with van der Waals surface area (Å²) in [5.74, 6) is -1.72. The first kappa shape index (κ1) is 33.2. The first-order chi connectivity index (χ1) is 20.8.